The van der Waals surface area contributed by atoms with Crippen molar-refractivity contribution in [2.75, 3.05) is 42.0 Å². The molecule has 0 aromatic heterocycles. The molecule has 6 nitrogen and oxygen atoms in total. The van der Waals surface area contributed by atoms with E-state index in [0.717, 1.165) is 11.1 Å². The fourth-order valence-electron chi connectivity index (χ4n) is 3.01. The number of nitrogens with one attached hydrogen (secondary N) is 1. The van der Waals surface area contributed by atoms with Gasteiger partial charge in [0.15, 0.2) is 11.5 Å². The van der Waals surface area contributed by atoms with Crippen molar-refractivity contribution in [1.82, 2.24) is 10.2 Å². The predicted octanol–water partition coefficient (Wildman–Crippen LogP) is 3.33. The summed E-state index contributed by atoms with van der Waals surface area (Å²) in [6.07, 6.45) is 0.194. The predicted molar refractivity (Wildman–Crippen MR) is 111 cm³/mol. The number of methoxy groups -OCH3 is 3. The fraction of sp³-hybridized carbons (Fsp3) is 0.381. The zero-order chi connectivity index (χ0) is 20.7. The molecule has 1 unspecified atom stereocenters. The second-order valence-corrected chi connectivity index (χ2v) is 6.92. The maximum atomic E-state index is 12.5. The number of carbonyl (C=O) groups excluding carboxylic acids is 1. The third-order valence-electron chi connectivity index (χ3n) is 4.47. The highest BCUT2D eigenvalue weighted by Crippen LogP contribution is 2.38. The van der Waals surface area contributed by atoms with Gasteiger partial charge in [0.1, 0.15) is 0 Å². The van der Waals surface area contributed by atoms with Crippen LogP contribution in [0.2, 0.25) is 5.02 Å². The van der Waals surface area contributed by atoms with E-state index in [0.29, 0.717) is 28.8 Å². The number of nitrogens with zero attached hydrogens (tertiary/aromatic N) is 1. The van der Waals surface area contributed by atoms with Gasteiger partial charge >= 0.3 is 0 Å². The maximum Gasteiger partial charge on any atom is 0.224 e. The van der Waals surface area contributed by atoms with Gasteiger partial charge in [-0.15, -0.1) is 0 Å². The third kappa shape index (κ3) is 5.30. The first kappa shape index (κ1) is 21.9. The van der Waals surface area contributed by atoms with Gasteiger partial charge in [0, 0.05) is 11.6 Å². The molecule has 0 fully saturated rings. The molecule has 0 saturated carbocycles. The maximum absolute atomic E-state index is 12.5. The molecule has 0 aliphatic rings. The van der Waals surface area contributed by atoms with Crippen LogP contribution in [0, 0.1) is 0 Å². The Kier molecular flexibility index (Phi) is 7.96. The summed E-state index contributed by atoms with van der Waals surface area (Å²) in [5.41, 5.74) is 1.74. The topological polar surface area (TPSA) is 60.0 Å². The van der Waals surface area contributed by atoms with Gasteiger partial charge in [-0.25, -0.2) is 0 Å². The van der Waals surface area contributed by atoms with Crippen molar-refractivity contribution in [2.45, 2.75) is 12.5 Å². The molecule has 1 N–H and O–H groups in total. The minimum absolute atomic E-state index is 0.0300. The number of hydrogen-bond acceptors (Lipinski definition) is 5. The molecule has 7 heteroatoms. The van der Waals surface area contributed by atoms with Gasteiger partial charge in [0.25, 0.3) is 0 Å². The second-order valence-electron chi connectivity index (χ2n) is 6.52. The minimum Gasteiger partial charge on any atom is -0.493 e. The lowest BCUT2D eigenvalue weighted by atomic mass is 10.1. The number of benzene rings is 2. The van der Waals surface area contributed by atoms with Crippen LogP contribution < -0.4 is 19.5 Å². The highest BCUT2D eigenvalue weighted by atomic mass is 35.5. The zero-order valence-corrected chi connectivity index (χ0v) is 17.7. The molecule has 0 aliphatic heterocycles. The SMILES string of the molecule is COc1cc(CC(=O)NCC(c2ccccc2Cl)N(C)C)cc(OC)c1OC. The Morgan fingerprint density at radius 2 is 1.68 bits per heavy atom. The van der Waals surface area contributed by atoms with Crippen LogP contribution in [0.25, 0.3) is 0 Å². The first-order valence-corrected chi connectivity index (χ1v) is 9.25. The van der Waals surface area contributed by atoms with E-state index in [1.807, 2.05) is 43.3 Å². The van der Waals surface area contributed by atoms with E-state index in [4.69, 9.17) is 25.8 Å². The minimum atomic E-state index is -0.104. The van der Waals surface area contributed by atoms with Crippen LogP contribution in [0.1, 0.15) is 17.2 Å². The molecule has 1 atom stereocenters. The molecule has 1 amide bonds. The molecule has 0 saturated heterocycles. The average Bonchev–Trinajstić information content (AvgIpc) is 2.68. The third-order valence-corrected chi connectivity index (χ3v) is 4.81. The molecule has 152 valence electrons. The molecule has 2 rings (SSSR count). The fourth-order valence-corrected chi connectivity index (χ4v) is 3.27. The van der Waals surface area contributed by atoms with Gasteiger partial charge in [-0.3, -0.25) is 4.79 Å². The number of rotatable bonds is 9. The molecule has 0 bridgehead atoms. The van der Waals surface area contributed by atoms with Gasteiger partial charge < -0.3 is 24.4 Å². The van der Waals surface area contributed by atoms with Crippen LogP contribution in [0.5, 0.6) is 17.2 Å². The summed E-state index contributed by atoms with van der Waals surface area (Å²) in [6.45, 7) is 0.444. The summed E-state index contributed by atoms with van der Waals surface area (Å²) in [5.74, 6) is 1.44. The smallest absolute Gasteiger partial charge is 0.224 e. The molecule has 0 spiro atoms. The first-order chi connectivity index (χ1) is 13.4. The van der Waals surface area contributed by atoms with Gasteiger partial charge in [0.05, 0.1) is 33.8 Å². The van der Waals surface area contributed by atoms with Crippen LogP contribution in [0.4, 0.5) is 0 Å². The van der Waals surface area contributed by atoms with Gasteiger partial charge in [0.2, 0.25) is 11.7 Å². The number of ether oxygens (including phenoxy) is 3. The standard InChI is InChI=1S/C21H27ClN2O4/c1-24(2)17(15-8-6-7-9-16(15)22)13-23-20(25)12-14-10-18(26-3)21(28-5)19(11-14)27-4/h6-11,17H,12-13H2,1-5H3,(H,23,25). The van der Waals surface area contributed by atoms with E-state index in [1.54, 1.807) is 33.5 Å². The lowest BCUT2D eigenvalue weighted by Crippen LogP contribution is -2.35. The highest BCUT2D eigenvalue weighted by Gasteiger charge is 2.19. The van der Waals surface area contributed by atoms with E-state index in [1.165, 1.54) is 0 Å². The van der Waals surface area contributed by atoms with Crippen molar-refractivity contribution >= 4 is 17.5 Å². The zero-order valence-electron chi connectivity index (χ0n) is 16.9. The van der Waals surface area contributed by atoms with E-state index >= 15 is 0 Å². The first-order valence-electron chi connectivity index (χ1n) is 8.87. The number of likely N-dealkylation sites (N-methyl/N-ethyl adjacent to an activating group) is 1. The summed E-state index contributed by atoms with van der Waals surface area (Å²) in [4.78, 5) is 14.6. The Labute approximate surface area is 171 Å². The number of amides is 1. The van der Waals surface area contributed by atoms with Crippen molar-refractivity contribution < 1.29 is 19.0 Å². The lowest BCUT2D eigenvalue weighted by Gasteiger charge is -2.26. The van der Waals surface area contributed by atoms with Crippen LogP contribution in [-0.2, 0) is 11.2 Å². The van der Waals surface area contributed by atoms with Crippen LogP contribution in [0.3, 0.4) is 0 Å². The number of hydrogen-bond donors (Lipinski definition) is 1. The van der Waals surface area contributed by atoms with Crippen molar-refractivity contribution in [3.63, 3.8) is 0 Å². The van der Waals surface area contributed by atoms with E-state index in [9.17, 15) is 4.79 Å². The Bertz CT molecular complexity index is 786. The Morgan fingerprint density at radius 1 is 1.07 bits per heavy atom. The van der Waals surface area contributed by atoms with Crippen LogP contribution in [0.15, 0.2) is 36.4 Å². The molecular formula is C21H27ClN2O4. The number of carbonyl (C=O) groups is 1. The highest BCUT2D eigenvalue weighted by molar-refractivity contribution is 6.31. The quantitative estimate of drug-likeness (QED) is 0.692. The van der Waals surface area contributed by atoms with Crippen LogP contribution in [-0.4, -0.2) is 52.8 Å². The summed E-state index contributed by atoms with van der Waals surface area (Å²) >= 11 is 6.32. The van der Waals surface area contributed by atoms with E-state index < -0.39 is 0 Å². The van der Waals surface area contributed by atoms with Crippen molar-refractivity contribution in [3.05, 3.63) is 52.5 Å². The monoisotopic (exact) mass is 406 g/mol. The van der Waals surface area contributed by atoms with Crippen molar-refractivity contribution in [2.24, 2.45) is 0 Å². The molecule has 2 aromatic rings. The average molecular weight is 407 g/mol. The normalized spacial score (nSPS) is 11.8. The van der Waals surface area contributed by atoms with Gasteiger partial charge in [-0.2, -0.15) is 0 Å². The molecule has 0 aliphatic carbocycles. The summed E-state index contributed by atoms with van der Waals surface area (Å²) in [5, 5.41) is 3.67. The molecular weight excluding hydrogens is 380 g/mol. The second kappa shape index (κ2) is 10.2. The summed E-state index contributed by atoms with van der Waals surface area (Å²) in [6, 6.07) is 11.2. The largest absolute Gasteiger partial charge is 0.493 e. The molecule has 28 heavy (non-hydrogen) atoms. The van der Waals surface area contributed by atoms with Crippen molar-refractivity contribution in [1.29, 1.82) is 0 Å². The van der Waals surface area contributed by atoms with E-state index in [-0.39, 0.29) is 18.4 Å². The van der Waals surface area contributed by atoms with Gasteiger partial charge in [-0.1, -0.05) is 29.8 Å². The van der Waals surface area contributed by atoms with Crippen molar-refractivity contribution in [3.8, 4) is 17.2 Å². The Hall–Kier alpha value is -2.44. The number of halogens is 1. The Morgan fingerprint density at radius 3 is 2.18 bits per heavy atom. The lowest BCUT2D eigenvalue weighted by molar-refractivity contribution is -0.120. The summed E-state index contributed by atoms with van der Waals surface area (Å²) in [7, 11) is 8.56. The molecule has 0 radical (unpaired) electrons. The molecule has 0 heterocycles. The summed E-state index contributed by atoms with van der Waals surface area (Å²) < 4.78 is 16.0. The van der Waals surface area contributed by atoms with Crippen LogP contribution >= 0.6 is 11.6 Å². The molecule has 2 aromatic carbocycles. The van der Waals surface area contributed by atoms with E-state index in [2.05, 4.69) is 5.32 Å². The van der Waals surface area contributed by atoms with Gasteiger partial charge in [-0.05, 0) is 43.4 Å². The Balaban J connectivity index is 2.10.